The van der Waals surface area contributed by atoms with Crippen molar-refractivity contribution in [2.24, 2.45) is 0 Å². The maximum Gasteiger partial charge on any atom is 0.260 e. The highest BCUT2D eigenvalue weighted by Crippen LogP contribution is 2.13. The molecular weight excluding hydrogens is 232 g/mol. The molecule has 2 N–H and O–H groups in total. The average Bonchev–Trinajstić information content (AvgIpc) is 2.68. The number of carbonyl (C=O) groups excluding carboxylic acids is 1. The van der Waals surface area contributed by atoms with Crippen LogP contribution in [0.15, 0.2) is 17.3 Å². The Bertz CT molecular complexity index is 467. The molecule has 0 saturated carbocycles. The quantitative estimate of drug-likeness (QED) is 0.691. The molecule has 7 nitrogen and oxygen atoms in total. The highest BCUT2D eigenvalue weighted by molar-refractivity contribution is 7.89. The normalized spacial score (nSPS) is 19.1. The van der Waals surface area contributed by atoms with Gasteiger partial charge in [-0.3, -0.25) is 9.89 Å². The van der Waals surface area contributed by atoms with E-state index in [9.17, 15) is 13.2 Å². The zero-order chi connectivity index (χ0) is 11.6. The molecule has 0 atom stereocenters. The van der Waals surface area contributed by atoms with Crippen LogP contribution in [-0.4, -0.2) is 48.5 Å². The third-order valence-corrected chi connectivity index (χ3v) is 4.19. The van der Waals surface area contributed by atoms with Gasteiger partial charge in [-0.2, -0.15) is 9.40 Å². The fourth-order valence-corrected chi connectivity index (χ4v) is 2.86. The van der Waals surface area contributed by atoms with Crippen molar-refractivity contribution in [2.45, 2.75) is 11.4 Å². The fraction of sp³-hybridized carbons (Fsp3) is 0.500. The van der Waals surface area contributed by atoms with Gasteiger partial charge in [-0.15, -0.1) is 0 Å². The largest absolute Gasteiger partial charge is 0.355 e. The van der Waals surface area contributed by atoms with Crippen LogP contribution in [-0.2, 0) is 14.8 Å². The number of amides is 1. The van der Waals surface area contributed by atoms with E-state index in [4.69, 9.17) is 0 Å². The van der Waals surface area contributed by atoms with Gasteiger partial charge in [0.15, 0.2) is 5.03 Å². The summed E-state index contributed by atoms with van der Waals surface area (Å²) in [6.07, 6.45) is 1.57. The molecule has 88 valence electrons. The number of carbonyl (C=O) groups is 1. The van der Waals surface area contributed by atoms with Crippen LogP contribution >= 0.6 is 0 Å². The Balaban J connectivity index is 2.21. The predicted octanol–water partition coefficient (Wildman–Crippen LogP) is -1.08. The number of aromatic nitrogens is 2. The summed E-state index contributed by atoms with van der Waals surface area (Å²) in [5.74, 6) is -0.123. The third kappa shape index (κ3) is 2.07. The highest BCUT2D eigenvalue weighted by Gasteiger charge is 2.27. The number of H-pyrrole nitrogens is 1. The van der Waals surface area contributed by atoms with Crippen molar-refractivity contribution >= 4 is 15.9 Å². The lowest BCUT2D eigenvalue weighted by Crippen LogP contribution is -2.34. The van der Waals surface area contributed by atoms with Crippen LogP contribution in [0.4, 0.5) is 0 Å². The van der Waals surface area contributed by atoms with E-state index in [0.29, 0.717) is 6.54 Å². The molecule has 2 heterocycles. The van der Waals surface area contributed by atoms with Crippen LogP contribution in [0.1, 0.15) is 6.42 Å². The van der Waals surface area contributed by atoms with E-state index in [1.165, 1.54) is 16.6 Å². The molecule has 0 radical (unpaired) electrons. The molecule has 0 unspecified atom stereocenters. The maximum absolute atomic E-state index is 12.0. The van der Waals surface area contributed by atoms with Crippen molar-refractivity contribution in [3.63, 3.8) is 0 Å². The molecule has 0 bridgehead atoms. The van der Waals surface area contributed by atoms with Crippen LogP contribution in [0, 0.1) is 0 Å². The first kappa shape index (κ1) is 11.1. The second-order valence-corrected chi connectivity index (χ2v) is 5.33. The Labute approximate surface area is 92.9 Å². The van der Waals surface area contributed by atoms with Gasteiger partial charge in [-0.05, 0) is 6.07 Å². The molecule has 0 aliphatic carbocycles. The molecule has 1 aliphatic rings. The van der Waals surface area contributed by atoms with Crippen LogP contribution in [0.2, 0.25) is 0 Å². The van der Waals surface area contributed by atoms with E-state index in [2.05, 4.69) is 15.5 Å². The number of rotatable bonds is 2. The van der Waals surface area contributed by atoms with Gasteiger partial charge in [0.1, 0.15) is 0 Å². The molecule has 1 fully saturated rings. The zero-order valence-corrected chi connectivity index (χ0v) is 9.33. The van der Waals surface area contributed by atoms with Gasteiger partial charge in [-0.1, -0.05) is 0 Å². The third-order valence-electron chi connectivity index (χ3n) is 2.36. The van der Waals surface area contributed by atoms with Gasteiger partial charge in [0.05, 0.1) is 6.20 Å². The lowest BCUT2D eigenvalue weighted by Gasteiger charge is -2.17. The summed E-state index contributed by atoms with van der Waals surface area (Å²) < 4.78 is 25.3. The van der Waals surface area contributed by atoms with Crippen LogP contribution in [0.5, 0.6) is 0 Å². The van der Waals surface area contributed by atoms with Gasteiger partial charge in [0.2, 0.25) is 5.91 Å². The SMILES string of the molecule is O=C1CCN(S(=O)(=O)c2ccn[nH]2)CCN1. The monoisotopic (exact) mass is 244 g/mol. The molecule has 8 heteroatoms. The summed E-state index contributed by atoms with van der Waals surface area (Å²) in [7, 11) is -3.54. The predicted molar refractivity (Wildman–Crippen MR) is 55.0 cm³/mol. The van der Waals surface area contributed by atoms with Gasteiger partial charge in [-0.25, -0.2) is 8.42 Å². The Morgan fingerprint density at radius 3 is 2.88 bits per heavy atom. The molecule has 0 aromatic carbocycles. The summed E-state index contributed by atoms with van der Waals surface area (Å²) in [6.45, 7) is 0.826. The topological polar surface area (TPSA) is 95.2 Å². The minimum absolute atomic E-state index is 0.0573. The van der Waals surface area contributed by atoms with Crippen LogP contribution in [0.3, 0.4) is 0 Å². The lowest BCUT2D eigenvalue weighted by atomic mass is 10.4. The van der Waals surface area contributed by atoms with Crippen molar-refractivity contribution in [2.75, 3.05) is 19.6 Å². The van der Waals surface area contributed by atoms with E-state index in [1.807, 2.05) is 0 Å². The van der Waals surface area contributed by atoms with E-state index in [1.54, 1.807) is 0 Å². The molecule has 2 rings (SSSR count). The van der Waals surface area contributed by atoms with Crippen molar-refractivity contribution < 1.29 is 13.2 Å². The Morgan fingerprint density at radius 1 is 1.38 bits per heavy atom. The minimum atomic E-state index is -3.54. The van der Waals surface area contributed by atoms with Crippen molar-refractivity contribution in [1.29, 1.82) is 0 Å². The first-order chi connectivity index (χ1) is 7.60. The number of nitrogens with one attached hydrogen (secondary N) is 2. The van der Waals surface area contributed by atoms with Gasteiger partial charge in [0, 0.05) is 26.1 Å². The number of aromatic amines is 1. The number of hydrogen-bond acceptors (Lipinski definition) is 4. The first-order valence-electron chi connectivity index (χ1n) is 4.87. The molecule has 1 saturated heterocycles. The molecule has 1 amide bonds. The van der Waals surface area contributed by atoms with E-state index in [-0.39, 0.29) is 30.4 Å². The second-order valence-electron chi connectivity index (χ2n) is 3.42. The maximum atomic E-state index is 12.0. The smallest absolute Gasteiger partial charge is 0.260 e. The van der Waals surface area contributed by atoms with E-state index >= 15 is 0 Å². The molecule has 16 heavy (non-hydrogen) atoms. The summed E-state index contributed by atoms with van der Waals surface area (Å²) in [5.41, 5.74) is 0. The second kappa shape index (κ2) is 4.22. The molecular formula is C8H12N4O3S. The summed E-state index contributed by atoms with van der Waals surface area (Å²) in [6, 6.07) is 1.40. The van der Waals surface area contributed by atoms with Crippen molar-refractivity contribution in [3.8, 4) is 0 Å². The Morgan fingerprint density at radius 2 is 2.19 bits per heavy atom. The number of nitrogens with zero attached hydrogens (tertiary/aromatic N) is 2. The summed E-state index contributed by atoms with van der Waals surface area (Å²) >= 11 is 0. The number of sulfonamides is 1. The molecule has 1 aliphatic heterocycles. The molecule has 1 aromatic rings. The van der Waals surface area contributed by atoms with Gasteiger partial charge >= 0.3 is 0 Å². The van der Waals surface area contributed by atoms with E-state index < -0.39 is 10.0 Å². The van der Waals surface area contributed by atoms with Crippen LogP contribution < -0.4 is 5.32 Å². The van der Waals surface area contributed by atoms with Crippen molar-refractivity contribution in [3.05, 3.63) is 12.3 Å². The Hall–Kier alpha value is -1.41. The fourth-order valence-electron chi connectivity index (χ4n) is 1.51. The highest BCUT2D eigenvalue weighted by atomic mass is 32.2. The average molecular weight is 244 g/mol. The summed E-state index contributed by atoms with van der Waals surface area (Å²) in [5, 5.41) is 8.71. The van der Waals surface area contributed by atoms with Gasteiger partial charge < -0.3 is 5.32 Å². The Kier molecular flexibility index (Phi) is 2.92. The number of hydrogen-bond donors (Lipinski definition) is 2. The lowest BCUT2D eigenvalue weighted by molar-refractivity contribution is -0.120. The van der Waals surface area contributed by atoms with Crippen molar-refractivity contribution in [1.82, 2.24) is 19.8 Å². The molecule has 1 aromatic heterocycles. The zero-order valence-electron chi connectivity index (χ0n) is 8.51. The first-order valence-corrected chi connectivity index (χ1v) is 6.31. The molecule has 0 spiro atoms. The standard InChI is InChI=1S/C8H12N4O3S/c13-7-2-5-12(6-4-9-7)16(14,15)8-1-3-10-11-8/h1,3H,2,4-6H2,(H,9,13)(H,10,11). The van der Waals surface area contributed by atoms with E-state index in [0.717, 1.165) is 0 Å². The van der Waals surface area contributed by atoms with Gasteiger partial charge in [0.25, 0.3) is 10.0 Å². The summed E-state index contributed by atoms with van der Waals surface area (Å²) in [4.78, 5) is 11.1. The minimum Gasteiger partial charge on any atom is -0.355 e. The van der Waals surface area contributed by atoms with Crippen LogP contribution in [0.25, 0.3) is 0 Å².